The first-order valence-corrected chi connectivity index (χ1v) is 8.31. The van der Waals surface area contributed by atoms with Crippen LogP contribution in [0.5, 0.6) is 0 Å². The molecule has 1 amide bonds. The van der Waals surface area contributed by atoms with Gasteiger partial charge in [-0.15, -0.1) is 0 Å². The summed E-state index contributed by atoms with van der Waals surface area (Å²) >= 11 is 3.36. The van der Waals surface area contributed by atoms with E-state index in [1.807, 2.05) is 30.3 Å². The van der Waals surface area contributed by atoms with Crippen molar-refractivity contribution in [1.82, 2.24) is 15.2 Å². The Bertz CT molecular complexity index is 973. The van der Waals surface area contributed by atoms with Crippen molar-refractivity contribution in [3.05, 3.63) is 86.2 Å². The van der Waals surface area contributed by atoms with Gasteiger partial charge in [0.05, 0.1) is 17.5 Å². The summed E-state index contributed by atoms with van der Waals surface area (Å²) in [6.45, 7) is 1.77. The molecule has 1 heterocycles. The van der Waals surface area contributed by atoms with Gasteiger partial charge in [0, 0.05) is 15.7 Å². The summed E-state index contributed by atoms with van der Waals surface area (Å²) in [6, 6.07) is 16.1. The number of halogens is 1. The van der Waals surface area contributed by atoms with E-state index in [2.05, 4.69) is 31.6 Å². The zero-order valence-corrected chi connectivity index (χ0v) is 14.9. The van der Waals surface area contributed by atoms with Gasteiger partial charge < -0.3 is 0 Å². The molecule has 0 aliphatic heterocycles. The minimum Gasteiger partial charge on any atom is -0.295 e. The fourth-order valence-electron chi connectivity index (χ4n) is 2.29. The van der Waals surface area contributed by atoms with Crippen molar-refractivity contribution in [1.29, 1.82) is 0 Å². The second-order valence-electron chi connectivity index (χ2n) is 5.33. The minimum atomic E-state index is -0.335. The van der Waals surface area contributed by atoms with Crippen molar-refractivity contribution in [3.63, 3.8) is 0 Å². The third-order valence-corrected chi connectivity index (χ3v) is 4.13. The summed E-state index contributed by atoms with van der Waals surface area (Å²) in [7, 11) is 0. The van der Waals surface area contributed by atoms with Crippen LogP contribution in [0.4, 0.5) is 0 Å². The number of nitrogens with one attached hydrogen (secondary N) is 2. The molecule has 126 valence electrons. The molecule has 0 aliphatic rings. The average Bonchev–Trinajstić information content (AvgIpc) is 2.91. The number of carbonyl (C=O) groups excluding carboxylic acids is 1. The van der Waals surface area contributed by atoms with Crippen LogP contribution in [-0.2, 0) is 0 Å². The van der Waals surface area contributed by atoms with Gasteiger partial charge in [0.25, 0.3) is 11.5 Å². The van der Waals surface area contributed by atoms with Crippen LogP contribution in [0.1, 0.15) is 21.6 Å². The molecule has 2 N–H and O–H groups in total. The zero-order chi connectivity index (χ0) is 17.8. The lowest BCUT2D eigenvalue weighted by atomic mass is 10.2. The molecule has 0 bridgehead atoms. The van der Waals surface area contributed by atoms with Crippen LogP contribution in [0.3, 0.4) is 0 Å². The number of carbonyl (C=O) groups is 1. The molecule has 3 rings (SSSR count). The Morgan fingerprint density at radius 1 is 1.16 bits per heavy atom. The first kappa shape index (κ1) is 16.9. The number of hydrogen-bond acceptors (Lipinski definition) is 3. The summed E-state index contributed by atoms with van der Waals surface area (Å²) in [5.74, 6) is -0.335. The Balaban J connectivity index is 1.80. The molecule has 7 heteroatoms. The monoisotopic (exact) mass is 398 g/mol. The highest BCUT2D eigenvalue weighted by molar-refractivity contribution is 9.10. The van der Waals surface area contributed by atoms with Crippen molar-refractivity contribution in [2.75, 3.05) is 0 Å². The van der Waals surface area contributed by atoms with E-state index in [0.29, 0.717) is 22.5 Å². The number of aromatic nitrogens is 2. The van der Waals surface area contributed by atoms with Gasteiger partial charge in [0.15, 0.2) is 0 Å². The smallest absolute Gasteiger partial charge is 0.280 e. The average molecular weight is 399 g/mol. The summed E-state index contributed by atoms with van der Waals surface area (Å²) in [5, 5.41) is 6.90. The fourth-order valence-corrected chi connectivity index (χ4v) is 2.56. The SMILES string of the molecule is Cc1[nH]n(-c2ccc(Br)cc2)c(=O)c1C=NNC(=O)c1ccccc1. The first-order chi connectivity index (χ1) is 12.1. The number of benzene rings is 2. The first-order valence-electron chi connectivity index (χ1n) is 7.52. The molecule has 0 unspecified atom stereocenters. The molecular weight excluding hydrogens is 384 g/mol. The molecule has 0 saturated heterocycles. The van der Waals surface area contributed by atoms with Crippen LogP contribution in [0.15, 0.2) is 69.0 Å². The van der Waals surface area contributed by atoms with Crippen molar-refractivity contribution in [3.8, 4) is 5.69 Å². The van der Waals surface area contributed by atoms with Crippen LogP contribution in [0, 0.1) is 6.92 Å². The van der Waals surface area contributed by atoms with Crippen molar-refractivity contribution >= 4 is 28.1 Å². The van der Waals surface area contributed by atoms with Gasteiger partial charge in [-0.25, -0.2) is 10.1 Å². The molecule has 6 nitrogen and oxygen atoms in total. The largest absolute Gasteiger partial charge is 0.295 e. The molecule has 0 fully saturated rings. The lowest BCUT2D eigenvalue weighted by molar-refractivity contribution is 0.0955. The molecule has 0 aliphatic carbocycles. The zero-order valence-electron chi connectivity index (χ0n) is 13.4. The summed E-state index contributed by atoms with van der Waals surface area (Å²) in [5.41, 5.74) is 4.44. The standard InChI is InChI=1S/C18H15BrN4O2/c1-12-16(11-20-21-17(24)13-5-3-2-4-6-13)18(25)23(22-12)15-9-7-14(19)8-10-15/h2-11,22H,1H3,(H,21,24). The lowest BCUT2D eigenvalue weighted by Crippen LogP contribution is -2.20. The predicted molar refractivity (Wildman–Crippen MR) is 100 cm³/mol. The van der Waals surface area contributed by atoms with Crippen LogP contribution < -0.4 is 11.0 Å². The lowest BCUT2D eigenvalue weighted by Gasteiger charge is -2.00. The Hall–Kier alpha value is -2.93. The normalized spacial score (nSPS) is 11.0. The molecule has 0 atom stereocenters. The van der Waals surface area contributed by atoms with E-state index in [9.17, 15) is 9.59 Å². The van der Waals surface area contributed by atoms with E-state index >= 15 is 0 Å². The second kappa shape index (κ2) is 7.31. The van der Waals surface area contributed by atoms with Crippen molar-refractivity contribution in [2.24, 2.45) is 5.10 Å². The van der Waals surface area contributed by atoms with Gasteiger partial charge in [-0.2, -0.15) is 5.10 Å². The predicted octanol–water partition coefficient (Wildman–Crippen LogP) is 3.00. The number of hydrazone groups is 1. The Labute approximate surface area is 152 Å². The highest BCUT2D eigenvalue weighted by Gasteiger charge is 2.11. The highest BCUT2D eigenvalue weighted by Crippen LogP contribution is 2.13. The third kappa shape index (κ3) is 3.77. The number of amides is 1. The second-order valence-corrected chi connectivity index (χ2v) is 6.25. The number of hydrogen-bond donors (Lipinski definition) is 2. The molecule has 1 aromatic heterocycles. The van der Waals surface area contributed by atoms with Gasteiger partial charge in [0.1, 0.15) is 0 Å². The Morgan fingerprint density at radius 3 is 2.52 bits per heavy atom. The maximum absolute atomic E-state index is 12.5. The topological polar surface area (TPSA) is 79.2 Å². The van der Waals surface area contributed by atoms with Crippen LogP contribution in [0.2, 0.25) is 0 Å². The van der Waals surface area contributed by atoms with E-state index in [4.69, 9.17) is 0 Å². The van der Waals surface area contributed by atoms with Gasteiger partial charge in [-0.3, -0.25) is 14.7 Å². The van der Waals surface area contributed by atoms with Gasteiger partial charge in [0.2, 0.25) is 0 Å². The summed E-state index contributed by atoms with van der Waals surface area (Å²) < 4.78 is 2.36. The number of aromatic amines is 1. The fraction of sp³-hybridized carbons (Fsp3) is 0.0556. The quantitative estimate of drug-likeness (QED) is 0.523. The third-order valence-electron chi connectivity index (χ3n) is 3.60. The molecule has 0 saturated carbocycles. The molecule has 0 radical (unpaired) electrons. The van der Waals surface area contributed by atoms with E-state index < -0.39 is 0 Å². The molecule has 0 spiro atoms. The Morgan fingerprint density at radius 2 is 1.84 bits per heavy atom. The molecular formula is C18H15BrN4O2. The molecule has 25 heavy (non-hydrogen) atoms. The van der Waals surface area contributed by atoms with Gasteiger partial charge >= 0.3 is 0 Å². The maximum atomic E-state index is 12.5. The van der Waals surface area contributed by atoms with Crippen molar-refractivity contribution in [2.45, 2.75) is 6.92 Å². The van der Waals surface area contributed by atoms with Crippen LogP contribution in [0.25, 0.3) is 5.69 Å². The molecule has 2 aromatic carbocycles. The minimum absolute atomic E-state index is 0.238. The number of H-pyrrole nitrogens is 1. The number of nitrogens with zero attached hydrogens (tertiary/aromatic N) is 2. The van der Waals surface area contributed by atoms with E-state index in [-0.39, 0.29) is 11.5 Å². The van der Waals surface area contributed by atoms with E-state index in [0.717, 1.165) is 4.47 Å². The van der Waals surface area contributed by atoms with Gasteiger partial charge in [-0.1, -0.05) is 34.1 Å². The van der Waals surface area contributed by atoms with Gasteiger partial charge in [-0.05, 0) is 43.3 Å². The number of rotatable bonds is 4. The summed E-state index contributed by atoms with van der Waals surface area (Å²) in [4.78, 5) is 24.5. The molecule has 3 aromatic rings. The highest BCUT2D eigenvalue weighted by atomic mass is 79.9. The van der Waals surface area contributed by atoms with Crippen LogP contribution >= 0.6 is 15.9 Å². The Kier molecular flexibility index (Phi) is 4.95. The van der Waals surface area contributed by atoms with E-state index in [1.165, 1.54) is 10.9 Å². The van der Waals surface area contributed by atoms with E-state index in [1.54, 1.807) is 31.2 Å². The van der Waals surface area contributed by atoms with Crippen LogP contribution in [-0.4, -0.2) is 21.9 Å². The van der Waals surface area contributed by atoms with Crippen molar-refractivity contribution < 1.29 is 4.79 Å². The number of aryl methyl sites for hydroxylation is 1. The summed E-state index contributed by atoms with van der Waals surface area (Å²) in [6.07, 6.45) is 1.35. The maximum Gasteiger partial charge on any atom is 0.280 e.